The van der Waals surface area contributed by atoms with Gasteiger partial charge in [-0.05, 0) is 44.2 Å². The van der Waals surface area contributed by atoms with Gasteiger partial charge in [0.15, 0.2) is 0 Å². The van der Waals surface area contributed by atoms with Gasteiger partial charge in [-0.3, -0.25) is 9.69 Å². The Morgan fingerprint density at radius 2 is 1.77 bits per heavy atom. The van der Waals surface area contributed by atoms with Crippen LogP contribution >= 0.6 is 0 Å². The van der Waals surface area contributed by atoms with Crippen LogP contribution in [0.25, 0.3) is 5.69 Å². The Morgan fingerprint density at radius 1 is 1.03 bits per heavy atom. The molecule has 1 aliphatic heterocycles. The van der Waals surface area contributed by atoms with Crippen molar-refractivity contribution in [2.24, 2.45) is 0 Å². The lowest BCUT2D eigenvalue weighted by Crippen LogP contribution is -2.48. The van der Waals surface area contributed by atoms with Crippen LogP contribution in [0, 0.1) is 25.2 Å². The summed E-state index contributed by atoms with van der Waals surface area (Å²) < 4.78 is 2.01. The lowest BCUT2D eigenvalue weighted by atomic mass is 10.1. The normalized spacial score (nSPS) is 14.5. The number of nitriles is 1. The Morgan fingerprint density at radius 3 is 2.47 bits per heavy atom. The Kier molecular flexibility index (Phi) is 5.64. The minimum absolute atomic E-state index is 0.00370. The average molecular weight is 399 g/mol. The molecular weight excluding hydrogens is 374 g/mol. The monoisotopic (exact) mass is 399 g/mol. The third-order valence-corrected chi connectivity index (χ3v) is 5.72. The van der Waals surface area contributed by atoms with E-state index in [0.29, 0.717) is 24.2 Å². The van der Waals surface area contributed by atoms with Crippen molar-refractivity contribution in [3.8, 4) is 11.8 Å². The molecule has 1 amide bonds. The lowest BCUT2D eigenvalue weighted by molar-refractivity contribution is 0.0628. The van der Waals surface area contributed by atoms with Crippen LogP contribution in [0.3, 0.4) is 0 Å². The number of aryl methyl sites for hydroxylation is 1. The van der Waals surface area contributed by atoms with Crippen molar-refractivity contribution in [1.29, 1.82) is 5.26 Å². The predicted molar refractivity (Wildman–Crippen MR) is 115 cm³/mol. The largest absolute Gasteiger partial charge is 0.336 e. The van der Waals surface area contributed by atoms with E-state index >= 15 is 0 Å². The highest BCUT2D eigenvalue weighted by molar-refractivity contribution is 5.94. The average Bonchev–Trinajstić information content (AvgIpc) is 3.08. The molecule has 0 bridgehead atoms. The third kappa shape index (κ3) is 3.98. The summed E-state index contributed by atoms with van der Waals surface area (Å²) >= 11 is 0. The molecule has 3 aromatic rings. The van der Waals surface area contributed by atoms with Gasteiger partial charge in [-0.2, -0.15) is 10.4 Å². The first-order valence-corrected chi connectivity index (χ1v) is 10.2. The van der Waals surface area contributed by atoms with E-state index < -0.39 is 0 Å². The number of benzene rings is 2. The van der Waals surface area contributed by atoms with Gasteiger partial charge >= 0.3 is 0 Å². The maximum absolute atomic E-state index is 12.8. The molecule has 30 heavy (non-hydrogen) atoms. The SMILES string of the molecule is Cc1nn(-c2ccccc2)c(C)c1CN1CCN(C(=O)c2cccc(C#N)c2)CC1. The molecule has 2 heterocycles. The zero-order chi connectivity index (χ0) is 21.1. The van der Waals surface area contributed by atoms with Gasteiger partial charge in [-0.25, -0.2) is 4.68 Å². The lowest BCUT2D eigenvalue weighted by Gasteiger charge is -2.34. The van der Waals surface area contributed by atoms with Gasteiger partial charge in [0, 0.05) is 49.5 Å². The molecule has 2 aromatic carbocycles. The molecule has 0 radical (unpaired) electrons. The Hall–Kier alpha value is -3.43. The first-order valence-electron chi connectivity index (χ1n) is 10.2. The van der Waals surface area contributed by atoms with Crippen molar-refractivity contribution in [2.45, 2.75) is 20.4 Å². The fraction of sp³-hybridized carbons (Fsp3) is 0.292. The second kappa shape index (κ2) is 8.52. The topological polar surface area (TPSA) is 65.2 Å². The van der Waals surface area contributed by atoms with Gasteiger partial charge in [0.1, 0.15) is 0 Å². The van der Waals surface area contributed by atoms with Crippen LogP contribution < -0.4 is 0 Å². The van der Waals surface area contributed by atoms with E-state index in [9.17, 15) is 4.79 Å². The molecule has 1 saturated heterocycles. The van der Waals surface area contributed by atoms with Crippen LogP contribution in [0.15, 0.2) is 54.6 Å². The molecule has 1 aliphatic rings. The molecular formula is C24H25N5O. The van der Waals surface area contributed by atoms with Crippen molar-refractivity contribution in [3.63, 3.8) is 0 Å². The molecule has 1 aromatic heterocycles. The van der Waals surface area contributed by atoms with E-state index in [1.165, 1.54) is 5.56 Å². The number of aromatic nitrogens is 2. The summed E-state index contributed by atoms with van der Waals surface area (Å²) in [6.45, 7) is 8.00. The summed E-state index contributed by atoms with van der Waals surface area (Å²) in [6, 6.07) is 19.2. The highest BCUT2D eigenvalue weighted by Crippen LogP contribution is 2.20. The van der Waals surface area contributed by atoms with E-state index in [-0.39, 0.29) is 5.91 Å². The summed E-state index contributed by atoms with van der Waals surface area (Å²) in [5.74, 6) is -0.00370. The van der Waals surface area contributed by atoms with Crippen molar-refractivity contribution >= 4 is 5.91 Å². The summed E-state index contributed by atoms with van der Waals surface area (Å²) in [5.41, 5.74) is 5.62. The van der Waals surface area contributed by atoms with Gasteiger partial charge in [-0.15, -0.1) is 0 Å². The second-order valence-electron chi connectivity index (χ2n) is 7.66. The highest BCUT2D eigenvalue weighted by atomic mass is 16.2. The van der Waals surface area contributed by atoms with Crippen molar-refractivity contribution in [3.05, 3.63) is 82.7 Å². The molecule has 0 aliphatic carbocycles. The molecule has 6 heteroatoms. The number of nitrogens with zero attached hydrogens (tertiary/aromatic N) is 5. The van der Waals surface area contributed by atoms with Gasteiger partial charge in [0.05, 0.1) is 23.0 Å². The molecule has 0 saturated carbocycles. The number of amides is 1. The summed E-state index contributed by atoms with van der Waals surface area (Å²) in [7, 11) is 0. The molecule has 152 valence electrons. The molecule has 0 atom stereocenters. The number of para-hydroxylation sites is 1. The van der Waals surface area contributed by atoms with E-state index in [0.717, 1.165) is 36.7 Å². The zero-order valence-corrected chi connectivity index (χ0v) is 17.4. The zero-order valence-electron chi connectivity index (χ0n) is 17.4. The minimum atomic E-state index is -0.00370. The first-order chi connectivity index (χ1) is 14.6. The van der Waals surface area contributed by atoms with Crippen molar-refractivity contribution < 1.29 is 4.79 Å². The standard InChI is InChI=1S/C24H25N5O/c1-18-23(19(2)29(26-18)22-9-4-3-5-10-22)17-27-11-13-28(14-12-27)24(30)21-8-6-7-20(15-21)16-25/h3-10,15H,11-14,17H2,1-2H3. The van der Waals surface area contributed by atoms with Gasteiger partial charge in [0.2, 0.25) is 0 Å². The van der Waals surface area contributed by atoms with Crippen LogP contribution in [0.5, 0.6) is 0 Å². The Labute approximate surface area is 177 Å². The van der Waals surface area contributed by atoms with Crippen LogP contribution in [0.1, 0.15) is 32.9 Å². The fourth-order valence-electron chi connectivity index (χ4n) is 3.96. The highest BCUT2D eigenvalue weighted by Gasteiger charge is 2.24. The van der Waals surface area contributed by atoms with Crippen LogP contribution in [-0.4, -0.2) is 51.7 Å². The molecule has 1 fully saturated rings. The molecule has 6 nitrogen and oxygen atoms in total. The number of rotatable bonds is 4. The van der Waals surface area contributed by atoms with Gasteiger partial charge < -0.3 is 4.90 Å². The predicted octanol–water partition coefficient (Wildman–Crippen LogP) is 3.32. The summed E-state index contributed by atoms with van der Waals surface area (Å²) in [4.78, 5) is 17.0. The van der Waals surface area contributed by atoms with Gasteiger partial charge in [-0.1, -0.05) is 24.3 Å². The van der Waals surface area contributed by atoms with E-state index in [1.54, 1.807) is 24.3 Å². The number of hydrogen-bond donors (Lipinski definition) is 0. The molecule has 4 rings (SSSR count). The molecule has 0 spiro atoms. The van der Waals surface area contributed by atoms with E-state index in [4.69, 9.17) is 10.4 Å². The van der Waals surface area contributed by atoms with Crippen LogP contribution in [0.2, 0.25) is 0 Å². The van der Waals surface area contributed by atoms with E-state index in [2.05, 4.69) is 36.9 Å². The van der Waals surface area contributed by atoms with E-state index in [1.807, 2.05) is 27.8 Å². The summed E-state index contributed by atoms with van der Waals surface area (Å²) in [6.07, 6.45) is 0. The quantitative estimate of drug-likeness (QED) is 0.675. The smallest absolute Gasteiger partial charge is 0.253 e. The Bertz CT molecular complexity index is 1090. The third-order valence-electron chi connectivity index (χ3n) is 5.72. The van der Waals surface area contributed by atoms with Crippen LogP contribution in [0.4, 0.5) is 0 Å². The maximum atomic E-state index is 12.8. The number of carbonyl (C=O) groups excluding carboxylic acids is 1. The summed E-state index contributed by atoms with van der Waals surface area (Å²) in [5, 5.41) is 13.8. The molecule has 0 unspecified atom stereocenters. The fourth-order valence-corrected chi connectivity index (χ4v) is 3.96. The van der Waals surface area contributed by atoms with Crippen molar-refractivity contribution in [1.82, 2.24) is 19.6 Å². The number of hydrogen-bond acceptors (Lipinski definition) is 4. The first kappa shape index (κ1) is 19.9. The maximum Gasteiger partial charge on any atom is 0.253 e. The van der Waals surface area contributed by atoms with Gasteiger partial charge in [0.25, 0.3) is 5.91 Å². The molecule has 0 N–H and O–H groups in total. The van der Waals surface area contributed by atoms with Crippen molar-refractivity contribution in [2.75, 3.05) is 26.2 Å². The number of piperazine rings is 1. The second-order valence-corrected chi connectivity index (χ2v) is 7.66. The number of carbonyl (C=O) groups is 1. The Balaban J connectivity index is 1.41. The minimum Gasteiger partial charge on any atom is -0.336 e. The van der Waals surface area contributed by atoms with Crippen LogP contribution in [-0.2, 0) is 6.54 Å².